The summed E-state index contributed by atoms with van der Waals surface area (Å²) in [7, 11) is 0. The summed E-state index contributed by atoms with van der Waals surface area (Å²) in [6.45, 7) is 7.81. The number of rotatable bonds is 5. The van der Waals surface area contributed by atoms with Crippen molar-refractivity contribution in [1.82, 2.24) is 14.9 Å². The van der Waals surface area contributed by atoms with Gasteiger partial charge in [-0.3, -0.25) is 4.90 Å². The molecule has 1 aromatic carbocycles. The SMILES string of the molecule is CC1Cc2ccccc2N1c1nccc(NCCN2CCOCC2)n1. The van der Waals surface area contributed by atoms with Gasteiger partial charge in [0.05, 0.1) is 13.2 Å². The number of anilines is 3. The van der Waals surface area contributed by atoms with Crippen LogP contribution in [0.1, 0.15) is 12.5 Å². The molecule has 0 saturated carbocycles. The number of fused-ring (bicyclic) bond motifs is 1. The molecular formula is C19H25N5O. The van der Waals surface area contributed by atoms with Crippen molar-refractivity contribution in [3.63, 3.8) is 0 Å². The number of aromatic nitrogens is 2. The molecule has 1 aromatic heterocycles. The normalized spacial score (nSPS) is 20.5. The molecule has 6 heteroatoms. The summed E-state index contributed by atoms with van der Waals surface area (Å²) in [4.78, 5) is 13.9. The lowest BCUT2D eigenvalue weighted by Gasteiger charge is -2.26. The van der Waals surface area contributed by atoms with Crippen LogP contribution in [0, 0.1) is 0 Å². The van der Waals surface area contributed by atoms with E-state index in [2.05, 4.69) is 51.3 Å². The van der Waals surface area contributed by atoms with Crippen molar-refractivity contribution in [2.45, 2.75) is 19.4 Å². The lowest BCUT2D eigenvalue weighted by Crippen LogP contribution is -2.39. The zero-order valence-corrected chi connectivity index (χ0v) is 14.7. The topological polar surface area (TPSA) is 53.5 Å². The summed E-state index contributed by atoms with van der Waals surface area (Å²) >= 11 is 0. The molecule has 0 bridgehead atoms. The highest BCUT2D eigenvalue weighted by Gasteiger charge is 2.28. The Bertz CT molecular complexity index is 716. The van der Waals surface area contributed by atoms with E-state index < -0.39 is 0 Å². The standard InChI is InChI=1S/C19H25N5O/c1-15-14-16-4-2-3-5-17(16)24(15)19-21-7-6-18(22-19)20-8-9-23-10-12-25-13-11-23/h2-7,15H,8-14H2,1H3,(H,20,21,22). The molecule has 1 N–H and O–H groups in total. The first-order valence-corrected chi connectivity index (χ1v) is 9.05. The monoisotopic (exact) mass is 339 g/mol. The molecule has 4 rings (SSSR count). The van der Waals surface area contributed by atoms with Gasteiger partial charge < -0.3 is 15.0 Å². The Kier molecular flexibility index (Phi) is 4.81. The Labute approximate surface area is 148 Å². The van der Waals surface area contributed by atoms with Crippen LogP contribution in [0.25, 0.3) is 0 Å². The van der Waals surface area contributed by atoms with Crippen molar-refractivity contribution in [2.75, 3.05) is 49.6 Å². The third kappa shape index (κ3) is 3.60. The maximum atomic E-state index is 5.39. The van der Waals surface area contributed by atoms with E-state index in [9.17, 15) is 0 Å². The van der Waals surface area contributed by atoms with Gasteiger partial charge in [-0.2, -0.15) is 4.98 Å². The fraction of sp³-hybridized carbons (Fsp3) is 0.474. The van der Waals surface area contributed by atoms with E-state index in [1.54, 1.807) is 0 Å². The van der Waals surface area contributed by atoms with Gasteiger partial charge >= 0.3 is 0 Å². The molecule has 2 aliphatic heterocycles. The maximum Gasteiger partial charge on any atom is 0.232 e. The van der Waals surface area contributed by atoms with Crippen molar-refractivity contribution in [3.05, 3.63) is 42.1 Å². The number of benzene rings is 1. The van der Waals surface area contributed by atoms with Crippen molar-refractivity contribution in [3.8, 4) is 0 Å². The van der Waals surface area contributed by atoms with E-state index >= 15 is 0 Å². The number of morpholine rings is 1. The van der Waals surface area contributed by atoms with Crippen LogP contribution in [0.5, 0.6) is 0 Å². The van der Waals surface area contributed by atoms with Gasteiger partial charge in [-0.05, 0) is 31.0 Å². The minimum absolute atomic E-state index is 0.376. The van der Waals surface area contributed by atoms with Gasteiger partial charge in [-0.1, -0.05) is 18.2 Å². The number of ether oxygens (including phenoxy) is 1. The minimum atomic E-state index is 0.376. The number of nitrogens with one attached hydrogen (secondary N) is 1. The number of para-hydroxylation sites is 1. The lowest BCUT2D eigenvalue weighted by molar-refractivity contribution is 0.0398. The molecular weight excluding hydrogens is 314 g/mol. The second-order valence-corrected chi connectivity index (χ2v) is 6.67. The summed E-state index contributed by atoms with van der Waals surface area (Å²) in [6.07, 6.45) is 2.88. The predicted octanol–water partition coefficient (Wildman–Crippen LogP) is 2.30. The molecule has 2 aliphatic rings. The van der Waals surface area contributed by atoms with Crippen LogP contribution >= 0.6 is 0 Å². The van der Waals surface area contributed by atoms with Crippen molar-refractivity contribution in [1.29, 1.82) is 0 Å². The van der Waals surface area contributed by atoms with Crippen molar-refractivity contribution in [2.24, 2.45) is 0 Å². The molecule has 6 nitrogen and oxygen atoms in total. The van der Waals surface area contributed by atoms with Crippen molar-refractivity contribution < 1.29 is 4.74 Å². The third-order valence-electron chi connectivity index (χ3n) is 4.90. The molecule has 0 amide bonds. The third-order valence-corrected chi connectivity index (χ3v) is 4.90. The molecule has 132 valence electrons. The molecule has 2 aromatic rings. The Morgan fingerprint density at radius 1 is 1.20 bits per heavy atom. The van der Waals surface area contributed by atoms with Crippen LogP contribution in [0.15, 0.2) is 36.5 Å². The van der Waals surface area contributed by atoms with Gasteiger partial charge in [-0.25, -0.2) is 4.98 Å². The number of hydrogen-bond donors (Lipinski definition) is 1. The fourth-order valence-corrected chi connectivity index (χ4v) is 3.60. The zero-order chi connectivity index (χ0) is 17.1. The zero-order valence-electron chi connectivity index (χ0n) is 14.7. The molecule has 0 radical (unpaired) electrons. The first-order chi connectivity index (χ1) is 12.3. The highest BCUT2D eigenvalue weighted by Crippen LogP contribution is 2.36. The fourth-order valence-electron chi connectivity index (χ4n) is 3.60. The molecule has 0 spiro atoms. The summed E-state index contributed by atoms with van der Waals surface area (Å²) in [5, 5.41) is 3.43. The minimum Gasteiger partial charge on any atom is -0.379 e. The van der Waals surface area contributed by atoms with Gasteiger partial charge in [-0.15, -0.1) is 0 Å². The van der Waals surface area contributed by atoms with E-state index in [0.29, 0.717) is 6.04 Å². The van der Waals surface area contributed by atoms with Crippen LogP contribution in [0.2, 0.25) is 0 Å². The van der Waals surface area contributed by atoms with E-state index in [0.717, 1.165) is 57.6 Å². The van der Waals surface area contributed by atoms with E-state index in [4.69, 9.17) is 9.72 Å². The maximum absolute atomic E-state index is 5.39. The van der Waals surface area contributed by atoms with Gasteiger partial charge in [0.1, 0.15) is 5.82 Å². The van der Waals surface area contributed by atoms with Gasteiger partial charge in [0.15, 0.2) is 0 Å². The highest BCUT2D eigenvalue weighted by atomic mass is 16.5. The summed E-state index contributed by atoms with van der Waals surface area (Å²) in [6, 6.07) is 10.8. The Balaban J connectivity index is 1.43. The lowest BCUT2D eigenvalue weighted by atomic mass is 10.1. The molecule has 1 atom stereocenters. The first-order valence-electron chi connectivity index (χ1n) is 9.05. The van der Waals surface area contributed by atoms with E-state index in [1.165, 1.54) is 11.3 Å². The smallest absolute Gasteiger partial charge is 0.232 e. The second-order valence-electron chi connectivity index (χ2n) is 6.67. The van der Waals surface area contributed by atoms with Gasteiger partial charge in [0, 0.05) is 44.1 Å². The molecule has 25 heavy (non-hydrogen) atoms. The van der Waals surface area contributed by atoms with Gasteiger partial charge in [0.2, 0.25) is 5.95 Å². The van der Waals surface area contributed by atoms with Crippen LogP contribution in [0.3, 0.4) is 0 Å². The number of hydrogen-bond acceptors (Lipinski definition) is 6. The van der Waals surface area contributed by atoms with Crippen LogP contribution in [-0.4, -0.2) is 60.3 Å². The Morgan fingerprint density at radius 3 is 2.92 bits per heavy atom. The largest absolute Gasteiger partial charge is 0.379 e. The first kappa shape index (κ1) is 16.3. The highest BCUT2D eigenvalue weighted by molar-refractivity contribution is 5.67. The number of nitrogens with zero attached hydrogens (tertiary/aromatic N) is 4. The molecule has 1 fully saturated rings. The van der Waals surface area contributed by atoms with Gasteiger partial charge in [0.25, 0.3) is 0 Å². The van der Waals surface area contributed by atoms with Crippen LogP contribution in [-0.2, 0) is 11.2 Å². The molecule has 1 unspecified atom stereocenters. The Hall–Kier alpha value is -2.18. The second kappa shape index (κ2) is 7.37. The quantitative estimate of drug-likeness (QED) is 0.902. The predicted molar refractivity (Wildman–Crippen MR) is 99.5 cm³/mol. The molecule has 3 heterocycles. The summed E-state index contributed by atoms with van der Waals surface area (Å²) in [5.74, 6) is 1.66. The average Bonchev–Trinajstić information content (AvgIpc) is 2.98. The molecule has 1 saturated heterocycles. The Morgan fingerprint density at radius 2 is 2.04 bits per heavy atom. The van der Waals surface area contributed by atoms with Crippen LogP contribution in [0.4, 0.5) is 17.5 Å². The summed E-state index contributed by atoms with van der Waals surface area (Å²) in [5.41, 5.74) is 2.59. The van der Waals surface area contributed by atoms with Crippen molar-refractivity contribution >= 4 is 17.5 Å². The van der Waals surface area contributed by atoms with E-state index in [1.807, 2.05) is 12.3 Å². The van der Waals surface area contributed by atoms with Crippen LogP contribution < -0.4 is 10.2 Å². The average molecular weight is 339 g/mol. The molecule has 0 aliphatic carbocycles. The van der Waals surface area contributed by atoms with E-state index in [-0.39, 0.29) is 0 Å². The summed E-state index contributed by atoms with van der Waals surface area (Å²) < 4.78 is 5.39.